The van der Waals surface area contributed by atoms with Crippen LogP contribution in [0.2, 0.25) is 0 Å². The zero-order valence-corrected chi connectivity index (χ0v) is 9.66. The summed E-state index contributed by atoms with van der Waals surface area (Å²) in [6.07, 6.45) is -4.75. The summed E-state index contributed by atoms with van der Waals surface area (Å²) < 4.78 is 39.8. The maximum Gasteiger partial charge on any atom is 0.573 e. The van der Waals surface area contributed by atoms with Crippen molar-refractivity contribution in [3.05, 3.63) is 29.8 Å². The van der Waals surface area contributed by atoms with E-state index in [2.05, 4.69) is 4.74 Å². The van der Waals surface area contributed by atoms with Gasteiger partial charge in [0.25, 0.3) is 0 Å². The third-order valence-corrected chi connectivity index (χ3v) is 2.62. The maximum absolute atomic E-state index is 12.0. The molecule has 1 aromatic carbocycles. The average Bonchev–Trinajstić information content (AvgIpc) is 2.25. The van der Waals surface area contributed by atoms with Crippen LogP contribution in [0.1, 0.15) is 31.9 Å². The minimum atomic E-state index is -4.71. The summed E-state index contributed by atoms with van der Waals surface area (Å²) in [4.78, 5) is 0. The van der Waals surface area contributed by atoms with Crippen molar-refractivity contribution in [2.24, 2.45) is 5.92 Å². The molecule has 0 fully saturated rings. The molecule has 1 rings (SSSR count). The number of ether oxygens (including phenoxy) is 1. The van der Waals surface area contributed by atoms with Crippen molar-refractivity contribution in [1.82, 2.24) is 0 Å². The predicted octanol–water partition coefficient (Wildman–Crippen LogP) is 3.66. The van der Waals surface area contributed by atoms with Crippen LogP contribution in [0.5, 0.6) is 5.75 Å². The number of aliphatic hydroxyl groups excluding tert-OH is 1. The highest BCUT2D eigenvalue weighted by Gasteiger charge is 2.31. The zero-order valence-electron chi connectivity index (χ0n) is 9.66. The number of rotatable bonds is 4. The van der Waals surface area contributed by atoms with Crippen molar-refractivity contribution >= 4 is 0 Å². The molecule has 1 N–H and O–H groups in total. The van der Waals surface area contributed by atoms with Gasteiger partial charge in [0, 0.05) is 0 Å². The summed E-state index contributed by atoms with van der Waals surface area (Å²) in [7, 11) is 0. The normalized spacial score (nSPS) is 15.4. The molecular weight excluding hydrogens is 233 g/mol. The van der Waals surface area contributed by atoms with Gasteiger partial charge in [0.05, 0.1) is 6.10 Å². The van der Waals surface area contributed by atoms with Gasteiger partial charge in [-0.25, -0.2) is 0 Å². The predicted molar refractivity (Wildman–Crippen MR) is 57.5 cm³/mol. The minimum Gasteiger partial charge on any atom is -0.406 e. The summed E-state index contributed by atoms with van der Waals surface area (Å²) >= 11 is 0. The van der Waals surface area contributed by atoms with Crippen LogP contribution in [0.4, 0.5) is 13.2 Å². The largest absolute Gasteiger partial charge is 0.573 e. The first-order valence-corrected chi connectivity index (χ1v) is 5.37. The molecule has 0 saturated carbocycles. The number of alkyl halides is 3. The lowest BCUT2D eigenvalue weighted by Crippen LogP contribution is -2.17. The number of hydrogen-bond acceptors (Lipinski definition) is 2. The van der Waals surface area contributed by atoms with Crippen LogP contribution in [-0.4, -0.2) is 11.5 Å². The molecular formula is C12H15F3O2. The Morgan fingerprint density at radius 2 is 2.00 bits per heavy atom. The van der Waals surface area contributed by atoms with E-state index in [0.29, 0.717) is 5.56 Å². The maximum atomic E-state index is 12.0. The van der Waals surface area contributed by atoms with Gasteiger partial charge in [0.15, 0.2) is 0 Å². The van der Waals surface area contributed by atoms with E-state index in [9.17, 15) is 18.3 Å². The number of hydrogen-bond donors (Lipinski definition) is 1. The van der Waals surface area contributed by atoms with E-state index in [1.165, 1.54) is 18.2 Å². The number of benzene rings is 1. The molecule has 0 aromatic heterocycles. The van der Waals surface area contributed by atoms with Crippen molar-refractivity contribution in [1.29, 1.82) is 0 Å². The molecule has 1 aromatic rings. The second-order valence-electron chi connectivity index (χ2n) is 3.95. The summed E-state index contributed by atoms with van der Waals surface area (Å²) in [6.45, 7) is 3.74. The van der Waals surface area contributed by atoms with E-state index in [4.69, 9.17) is 0 Å². The minimum absolute atomic E-state index is 0.0175. The fraction of sp³-hybridized carbons (Fsp3) is 0.500. The van der Waals surface area contributed by atoms with Gasteiger partial charge >= 0.3 is 6.36 Å². The third-order valence-electron chi connectivity index (χ3n) is 2.62. The van der Waals surface area contributed by atoms with Crippen molar-refractivity contribution in [3.8, 4) is 5.75 Å². The van der Waals surface area contributed by atoms with Crippen molar-refractivity contribution < 1.29 is 23.0 Å². The van der Waals surface area contributed by atoms with Crippen LogP contribution in [0, 0.1) is 5.92 Å². The first kappa shape index (κ1) is 13.8. The highest BCUT2D eigenvalue weighted by Crippen LogP contribution is 2.29. The van der Waals surface area contributed by atoms with Gasteiger partial charge in [-0.05, 0) is 23.6 Å². The summed E-state index contributed by atoms with van der Waals surface area (Å²) in [5.74, 6) is -0.325. The monoisotopic (exact) mass is 248 g/mol. The first-order valence-electron chi connectivity index (χ1n) is 5.37. The van der Waals surface area contributed by atoms with Crippen molar-refractivity contribution in [2.45, 2.75) is 32.7 Å². The molecule has 0 aliphatic rings. The summed E-state index contributed by atoms with van der Waals surface area (Å²) in [6, 6.07) is 5.44. The van der Waals surface area contributed by atoms with Crippen molar-refractivity contribution in [3.63, 3.8) is 0 Å². The van der Waals surface area contributed by atoms with Gasteiger partial charge in [0.2, 0.25) is 0 Å². The molecule has 17 heavy (non-hydrogen) atoms. The second-order valence-corrected chi connectivity index (χ2v) is 3.95. The standard InChI is InChI=1S/C12H15F3O2/c1-3-8(2)11(16)9-5-4-6-10(7-9)17-12(13,14)15/h4-8,11,16H,3H2,1-2H3. The van der Waals surface area contributed by atoms with Crippen LogP contribution >= 0.6 is 0 Å². The van der Waals surface area contributed by atoms with Gasteiger partial charge in [0.1, 0.15) is 5.75 Å². The first-order chi connectivity index (χ1) is 7.83. The molecule has 2 unspecified atom stereocenters. The lowest BCUT2D eigenvalue weighted by molar-refractivity contribution is -0.274. The van der Waals surface area contributed by atoms with E-state index < -0.39 is 12.5 Å². The molecule has 0 aliphatic carbocycles. The Morgan fingerprint density at radius 3 is 2.53 bits per heavy atom. The molecule has 0 heterocycles. The fourth-order valence-electron chi connectivity index (χ4n) is 1.45. The smallest absolute Gasteiger partial charge is 0.406 e. The molecule has 0 amide bonds. The average molecular weight is 248 g/mol. The summed E-state index contributed by atoms with van der Waals surface area (Å²) in [5.41, 5.74) is 0.432. The topological polar surface area (TPSA) is 29.5 Å². The van der Waals surface area contributed by atoms with Crippen LogP contribution < -0.4 is 4.74 Å². The molecule has 0 bridgehead atoms. The van der Waals surface area contributed by atoms with E-state index in [-0.39, 0.29) is 11.7 Å². The Kier molecular flexibility index (Phi) is 4.40. The van der Waals surface area contributed by atoms with E-state index in [1.54, 1.807) is 6.07 Å². The fourth-order valence-corrected chi connectivity index (χ4v) is 1.45. The number of aliphatic hydroxyl groups is 1. The highest BCUT2D eigenvalue weighted by atomic mass is 19.4. The molecule has 96 valence electrons. The highest BCUT2D eigenvalue weighted by molar-refractivity contribution is 5.30. The van der Waals surface area contributed by atoms with Crippen LogP contribution in [0.15, 0.2) is 24.3 Å². The van der Waals surface area contributed by atoms with Gasteiger partial charge < -0.3 is 9.84 Å². The van der Waals surface area contributed by atoms with Gasteiger partial charge in [-0.15, -0.1) is 13.2 Å². The second kappa shape index (κ2) is 5.40. The molecule has 0 radical (unpaired) electrons. The lowest BCUT2D eigenvalue weighted by Gasteiger charge is -2.18. The van der Waals surface area contributed by atoms with Crippen LogP contribution in [0.3, 0.4) is 0 Å². The zero-order chi connectivity index (χ0) is 13.1. The Balaban J connectivity index is 2.86. The quantitative estimate of drug-likeness (QED) is 0.881. The third kappa shape index (κ3) is 4.26. The molecule has 2 nitrogen and oxygen atoms in total. The molecule has 0 saturated heterocycles. The van der Waals surface area contributed by atoms with Gasteiger partial charge in [-0.1, -0.05) is 32.4 Å². The Hall–Kier alpha value is -1.23. The van der Waals surface area contributed by atoms with Crippen LogP contribution in [0.25, 0.3) is 0 Å². The molecule has 0 aliphatic heterocycles. The van der Waals surface area contributed by atoms with Crippen molar-refractivity contribution in [2.75, 3.05) is 0 Å². The lowest BCUT2D eigenvalue weighted by atomic mass is 9.95. The Labute approximate surface area is 98.0 Å². The molecule has 0 spiro atoms. The van der Waals surface area contributed by atoms with E-state index in [0.717, 1.165) is 6.42 Å². The van der Waals surface area contributed by atoms with Crippen LogP contribution in [-0.2, 0) is 0 Å². The molecule has 2 atom stereocenters. The Morgan fingerprint density at radius 1 is 1.35 bits per heavy atom. The summed E-state index contributed by atoms with van der Waals surface area (Å²) in [5, 5.41) is 9.87. The SMILES string of the molecule is CCC(C)C(O)c1cccc(OC(F)(F)F)c1. The Bertz CT molecular complexity index is 363. The van der Waals surface area contributed by atoms with Gasteiger partial charge in [-0.3, -0.25) is 0 Å². The van der Waals surface area contributed by atoms with E-state index in [1.807, 2.05) is 13.8 Å². The molecule has 5 heteroatoms. The number of halogens is 3. The van der Waals surface area contributed by atoms with E-state index >= 15 is 0 Å². The van der Waals surface area contributed by atoms with Gasteiger partial charge in [-0.2, -0.15) is 0 Å².